The fourth-order valence-corrected chi connectivity index (χ4v) is 3.89. The average Bonchev–Trinajstić information content (AvgIpc) is 2.84. The third-order valence-electron chi connectivity index (χ3n) is 4.24. The molecule has 1 amide bonds. The van der Waals surface area contributed by atoms with Crippen molar-refractivity contribution in [3.63, 3.8) is 0 Å². The second-order valence-electron chi connectivity index (χ2n) is 6.16. The third kappa shape index (κ3) is 4.26. The standard InChI is InChI=1S/C20H21NO4S/c1-14-10-11-21(17-4-2-3-5-18(17)26-14)19(23)13-25-20(24)16-8-6-15(12-22)7-9-16/h2-9,14,22H,10-13H2,1H3/t14-/m1/s1. The van der Waals surface area contributed by atoms with Crippen molar-refractivity contribution in [3.05, 3.63) is 59.7 Å². The lowest BCUT2D eigenvalue weighted by Crippen LogP contribution is -2.35. The molecule has 0 aliphatic carbocycles. The fourth-order valence-electron chi connectivity index (χ4n) is 2.78. The van der Waals surface area contributed by atoms with Gasteiger partial charge in [-0.25, -0.2) is 4.79 Å². The predicted molar refractivity (Wildman–Crippen MR) is 101 cm³/mol. The maximum absolute atomic E-state index is 12.7. The van der Waals surface area contributed by atoms with Crippen LogP contribution in [-0.4, -0.2) is 35.4 Å². The minimum absolute atomic E-state index is 0.0847. The maximum atomic E-state index is 12.7. The van der Waals surface area contributed by atoms with Gasteiger partial charge in [0, 0.05) is 16.7 Å². The first kappa shape index (κ1) is 18.5. The lowest BCUT2D eigenvalue weighted by molar-refractivity contribution is -0.121. The van der Waals surface area contributed by atoms with Gasteiger partial charge in [-0.3, -0.25) is 4.79 Å². The molecular formula is C20H21NO4S. The Bertz CT molecular complexity index is 791. The zero-order valence-electron chi connectivity index (χ0n) is 14.6. The van der Waals surface area contributed by atoms with E-state index in [1.54, 1.807) is 40.9 Å². The largest absolute Gasteiger partial charge is 0.452 e. The summed E-state index contributed by atoms with van der Waals surface area (Å²) < 4.78 is 5.20. The van der Waals surface area contributed by atoms with E-state index in [9.17, 15) is 9.59 Å². The van der Waals surface area contributed by atoms with Crippen LogP contribution in [0, 0.1) is 0 Å². The van der Waals surface area contributed by atoms with Crippen molar-refractivity contribution in [2.24, 2.45) is 0 Å². The Labute approximate surface area is 157 Å². The third-order valence-corrected chi connectivity index (χ3v) is 5.48. The molecule has 3 rings (SSSR count). The van der Waals surface area contributed by atoms with Gasteiger partial charge in [0.15, 0.2) is 6.61 Å². The molecule has 1 atom stereocenters. The zero-order chi connectivity index (χ0) is 18.5. The van der Waals surface area contributed by atoms with E-state index in [0.29, 0.717) is 22.9 Å². The Morgan fingerprint density at radius 3 is 2.65 bits per heavy atom. The highest BCUT2D eigenvalue weighted by Gasteiger charge is 2.24. The van der Waals surface area contributed by atoms with Crippen LogP contribution in [0.25, 0.3) is 0 Å². The number of anilines is 1. The van der Waals surface area contributed by atoms with Gasteiger partial charge in [-0.15, -0.1) is 11.8 Å². The van der Waals surface area contributed by atoms with Crippen LogP contribution in [0.15, 0.2) is 53.4 Å². The smallest absolute Gasteiger partial charge is 0.338 e. The first-order valence-electron chi connectivity index (χ1n) is 8.51. The molecule has 0 unspecified atom stereocenters. The van der Waals surface area contributed by atoms with Gasteiger partial charge in [-0.2, -0.15) is 0 Å². The normalized spacial score (nSPS) is 16.5. The molecule has 0 saturated heterocycles. The number of aliphatic hydroxyl groups is 1. The molecule has 1 heterocycles. The summed E-state index contributed by atoms with van der Waals surface area (Å²) in [5.74, 6) is -0.777. The molecule has 2 aromatic carbocycles. The van der Waals surface area contributed by atoms with Crippen LogP contribution in [-0.2, 0) is 16.1 Å². The Morgan fingerprint density at radius 1 is 1.19 bits per heavy atom. The van der Waals surface area contributed by atoms with Gasteiger partial charge in [0.05, 0.1) is 17.9 Å². The second kappa shape index (κ2) is 8.38. The molecule has 0 saturated carbocycles. The van der Waals surface area contributed by atoms with Gasteiger partial charge in [0.25, 0.3) is 5.91 Å². The molecule has 1 aliphatic rings. The SMILES string of the molecule is C[C@@H]1CCN(C(=O)COC(=O)c2ccc(CO)cc2)c2ccccc2S1. The predicted octanol–water partition coefficient (Wildman–Crippen LogP) is 3.25. The van der Waals surface area contributed by atoms with Crippen molar-refractivity contribution >= 4 is 29.3 Å². The van der Waals surface area contributed by atoms with Crippen molar-refractivity contribution in [2.75, 3.05) is 18.1 Å². The number of amides is 1. The number of benzene rings is 2. The van der Waals surface area contributed by atoms with Crippen LogP contribution in [0.4, 0.5) is 5.69 Å². The number of carbonyl (C=O) groups excluding carboxylic acids is 2. The highest BCUT2D eigenvalue weighted by atomic mass is 32.2. The Balaban J connectivity index is 1.66. The summed E-state index contributed by atoms with van der Waals surface area (Å²) in [6.07, 6.45) is 0.877. The molecule has 1 N–H and O–H groups in total. The lowest BCUT2D eigenvalue weighted by atomic mass is 10.1. The number of para-hydroxylation sites is 1. The van der Waals surface area contributed by atoms with Crippen LogP contribution in [0.3, 0.4) is 0 Å². The number of carbonyl (C=O) groups is 2. The van der Waals surface area contributed by atoms with E-state index in [0.717, 1.165) is 17.0 Å². The summed E-state index contributed by atoms with van der Waals surface area (Å²) in [6, 6.07) is 14.3. The van der Waals surface area contributed by atoms with Crippen LogP contribution in [0.5, 0.6) is 0 Å². The molecular weight excluding hydrogens is 350 g/mol. The van der Waals surface area contributed by atoms with Crippen LogP contribution in [0.2, 0.25) is 0 Å². The minimum Gasteiger partial charge on any atom is -0.452 e. The number of aliphatic hydroxyl groups excluding tert-OH is 1. The Kier molecular flexibility index (Phi) is 5.96. The highest BCUT2D eigenvalue weighted by molar-refractivity contribution is 8.00. The number of nitrogens with zero attached hydrogens (tertiary/aromatic N) is 1. The van der Waals surface area contributed by atoms with Gasteiger partial charge in [0.2, 0.25) is 0 Å². The molecule has 136 valence electrons. The lowest BCUT2D eigenvalue weighted by Gasteiger charge is -2.22. The molecule has 0 fully saturated rings. The summed E-state index contributed by atoms with van der Waals surface area (Å²) in [5.41, 5.74) is 1.94. The van der Waals surface area contributed by atoms with Crippen LogP contribution < -0.4 is 4.90 Å². The monoisotopic (exact) mass is 371 g/mol. The Morgan fingerprint density at radius 2 is 1.92 bits per heavy atom. The van der Waals surface area contributed by atoms with Gasteiger partial charge in [-0.1, -0.05) is 31.2 Å². The number of esters is 1. The van der Waals surface area contributed by atoms with Crippen LogP contribution in [0.1, 0.15) is 29.3 Å². The van der Waals surface area contributed by atoms with Crippen LogP contribution >= 0.6 is 11.8 Å². The topological polar surface area (TPSA) is 66.8 Å². The number of fused-ring (bicyclic) bond motifs is 1. The van der Waals surface area contributed by atoms with Gasteiger partial charge in [0.1, 0.15) is 0 Å². The van der Waals surface area contributed by atoms with Crippen molar-refractivity contribution in [3.8, 4) is 0 Å². The van der Waals surface area contributed by atoms with E-state index in [1.165, 1.54) is 0 Å². The molecule has 5 nitrogen and oxygen atoms in total. The van der Waals surface area contributed by atoms with Crippen molar-refractivity contribution < 1.29 is 19.4 Å². The number of ether oxygens (including phenoxy) is 1. The van der Waals surface area contributed by atoms with E-state index >= 15 is 0 Å². The molecule has 2 aromatic rings. The maximum Gasteiger partial charge on any atom is 0.338 e. The summed E-state index contributed by atoms with van der Waals surface area (Å²) in [7, 11) is 0. The molecule has 0 radical (unpaired) electrons. The van der Waals surface area contributed by atoms with E-state index in [1.807, 2.05) is 24.3 Å². The Hall–Kier alpha value is -2.31. The van der Waals surface area contributed by atoms with Gasteiger partial charge in [-0.05, 0) is 36.2 Å². The van der Waals surface area contributed by atoms with E-state index in [2.05, 4.69) is 6.92 Å². The molecule has 0 aromatic heterocycles. The summed E-state index contributed by atoms with van der Waals surface area (Å²) in [6.45, 7) is 2.37. The first-order chi connectivity index (χ1) is 12.6. The fraction of sp³-hybridized carbons (Fsp3) is 0.300. The zero-order valence-corrected chi connectivity index (χ0v) is 15.4. The number of rotatable bonds is 4. The van der Waals surface area contributed by atoms with Crippen molar-refractivity contribution in [1.29, 1.82) is 0 Å². The summed E-state index contributed by atoms with van der Waals surface area (Å²) in [4.78, 5) is 27.6. The minimum atomic E-state index is -0.548. The van der Waals surface area contributed by atoms with E-state index in [-0.39, 0.29) is 19.1 Å². The second-order valence-corrected chi connectivity index (χ2v) is 7.64. The van der Waals surface area contributed by atoms with Crippen molar-refractivity contribution in [1.82, 2.24) is 0 Å². The highest BCUT2D eigenvalue weighted by Crippen LogP contribution is 2.37. The molecule has 26 heavy (non-hydrogen) atoms. The molecule has 0 bridgehead atoms. The molecule has 0 spiro atoms. The van der Waals surface area contributed by atoms with E-state index < -0.39 is 5.97 Å². The number of hydrogen-bond acceptors (Lipinski definition) is 5. The summed E-state index contributed by atoms with van der Waals surface area (Å²) >= 11 is 1.76. The molecule has 1 aliphatic heterocycles. The number of thioether (sulfide) groups is 1. The quantitative estimate of drug-likeness (QED) is 0.836. The average molecular weight is 371 g/mol. The first-order valence-corrected chi connectivity index (χ1v) is 9.39. The van der Waals surface area contributed by atoms with Crippen molar-refractivity contribution in [2.45, 2.75) is 30.1 Å². The van der Waals surface area contributed by atoms with Gasteiger partial charge >= 0.3 is 5.97 Å². The molecule has 6 heteroatoms. The van der Waals surface area contributed by atoms with E-state index in [4.69, 9.17) is 9.84 Å². The number of hydrogen-bond donors (Lipinski definition) is 1. The summed E-state index contributed by atoms with van der Waals surface area (Å²) in [5, 5.41) is 9.46. The van der Waals surface area contributed by atoms with Gasteiger partial charge < -0.3 is 14.7 Å².